The molecule has 1 N–H and O–H groups in total. The molecule has 0 saturated carbocycles. The summed E-state index contributed by atoms with van der Waals surface area (Å²) in [5, 5.41) is 2.91. The third kappa shape index (κ3) is 5.05. The predicted molar refractivity (Wildman–Crippen MR) is 64.2 cm³/mol. The summed E-state index contributed by atoms with van der Waals surface area (Å²) in [5.74, 6) is 0. The normalized spacial score (nSPS) is 16.4. The van der Waals surface area contributed by atoms with E-state index < -0.39 is 0 Å². The van der Waals surface area contributed by atoms with Gasteiger partial charge in [0.1, 0.15) is 0 Å². The Morgan fingerprint density at radius 3 is 2.62 bits per heavy atom. The van der Waals surface area contributed by atoms with Gasteiger partial charge in [0.05, 0.1) is 12.9 Å². The summed E-state index contributed by atoms with van der Waals surface area (Å²) in [6.45, 7) is 6.54. The number of ether oxygens (including phenoxy) is 1. The quantitative estimate of drug-likeness (QED) is 0.576. The lowest BCUT2D eigenvalue weighted by atomic mass is 10.2. The highest BCUT2D eigenvalue weighted by atomic mass is 16.5. The second-order valence-electron chi connectivity index (χ2n) is 4.02. The zero-order valence-corrected chi connectivity index (χ0v) is 9.91. The van der Waals surface area contributed by atoms with E-state index in [1.54, 1.807) is 0 Å². The van der Waals surface area contributed by atoms with Crippen molar-refractivity contribution in [2.75, 3.05) is 26.2 Å². The fourth-order valence-electron chi connectivity index (χ4n) is 1.82. The molecule has 0 aliphatic carbocycles. The summed E-state index contributed by atoms with van der Waals surface area (Å²) in [5.41, 5.74) is 0. The number of likely N-dealkylation sites (tertiary alicyclic amines) is 1. The van der Waals surface area contributed by atoms with Crippen LogP contribution >= 0.6 is 0 Å². The molecule has 4 nitrogen and oxygen atoms in total. The number of carbonyl (C=O) groups excluding carboxylic acids is 1. The Labute approximate surface area is 97.6 Å². The van der Waals surface area contributed by atoms with E-state index in [2.05, 4.69) is 11.9 Å². The first-order chi connectivity index (χ1) is 7.84. The molecule has 0 radical (unpaired) electrons. The maximum atomic E-state index is 11.7. The lowest BCUT2D eigenvalue weighted by molar-refractivity contribution is 0.197. The van der Waals surface area contributed by atoms with E-state index in [1.165, 1.54) is 19.1 Å². The van der Waals surface area contributed by atoms with Crippen LogP contribution in [0, 0.1) is 0 Å². The summed E-state index contributed by atoms with van der Waals surface area (Å²) in [6, 6.07) is 0.0699. The lowest BCUT2D eigenvalue weighted by Crippen LogP contribution is -2.41. The number of amides is 2. The van der Waals surface area contributed by atoms with Gasteiger partial charge in [-0.1, -0.05) is 19.4 Å². The average molecular weight is 226 g/mol. The van der Waals surface area contributed by atoms with Crippen LogP contribution in [-0.4, -0.2) is 37.2 Å². The Morgan fingerprint density at radius 1 is 1.31 bits per heavy atom. The van der Waals surface area contributed by atoms with Crippen LogP contribution in [0.25, 0.3) is 0 Å². The molecule has 0 spiro atoms. The Morgan fingerprint density at radius 2 is 2.00 bits per heavy atom. The van der Waals surface area contributed by atoms with Gasteiger partial charge < -0.3 is 15.0 Å². The zero-order valence-electron chi connectivity index (χ0n) is 9.91. The minimum absolute atomic E-state index is 0.0699. The lowest BCUT2D eigenvalue weighted by Gasteiger charge is -2.20. The summed E-state index contributed by atoms with van der Waals surface area (Å²) >= 11 is 0. The van der Waals surface area contributed by atoms with Crippen LogP contribution in [0.4, 0.5) is 4.79 Å². The van der Waals surface area contributed by atoms with E-state index in [0.29, 0.717) is 13.2 Å². The predicted octanol–water partition coefficient (Wildman–Crippen LogP) is 2.12. The Bertz CT molecular complexity index is 211. The van der Waals surface area contributed by atoms with E-state index in [-0.39, 0.29) is 6.03 Å². The molecule has 1 saturated heterocycles. The smallest absolute Gasteiger partial charge is 0.317 e. The fraction of sp³-hybridized carbons (Fsp3) is 0.750. The largest absolute Gasteiger partial charge is 0.502 e. The molecular weight excluding hydrogens is 204 g/mol. The number of hydrogen-bond acceptors (Lipinski definition) is 2. The van der Waals surface area contributed by atoms with Crippen molar-refractivity contribution in [3.8, 4) is 0 Å². The highest BCUT2D eigenvalue weighted by molar-refractivity contribution is 5.74. The van der Waals surface area contributed by atoms with E-state index >= 15 is 0 Å². The fourth-order valence-corrected chi connectivity index (χ4v) is 1.82. The second kappa shape index (κ2) is 8.02. The molecule has 0 aromatic carbocycles. The highest BCUT2D eigenvalue weighted by Gasteiger charge is 2.14. The molecule has 92 valence electrons. The van der Waals surface area contributed by atoms with Crippen LogP contribution in [-0.2, 0) is 4.74 Å². The van der Waals surface area contributed by atoms with Gasteiger partial charge in [0.15, 0.2) is 0 Å². The molecule has 1 heterocycles. The third-order valence-electron chi connectivity index (χ3n) is 2.73. The molecule has 0 bridgehead atoms. The van der Waals surface area contributed by atoms with E-state index in [0.717, 1.165) is 32.4 Å². The first-order valence-corrected chi connectivity index (χ1v) is 6.10. The molecule has 4 heteroatoms. The van der Waals surface area contributed by atoms with Gasteiger partial charge in [0, 0.05) is 19.6 Å². The Hall–Kier alpha value is -1.19. The number of rotatable bonds is 5. The summed E-state index contributed by atoms with van der Waals surface area (Å²) < 4.78 is 4.98. The molecule has 0 aromatic rings. The molecule has 1 fully saturated rings. The van der Waals surface area contributed by atoms with Gasteiger partial charge in [0.25, 0.3) is 0 Å². The summed E-state index contributed by atoms with van der Waals surface area (Å²) in [6.07, 6.45) is 7.01. The molecule has 0 atom stereocenters. The van der Waals surface area contributed by atoms with Gasteiger partial charge in [0.2, 0.25) is 0 Å². The molecule has 1 aliphatic rings. The highest BCUT2D eigenvalue weighted by Crippen LogP contribution is 2.09. The van der Waals surface area contributed by atoms with Crippen LogP contribution in [0.2, 0.25) is 0 Å². The Balaban J connectivity index is 2.10. The molecule has 0 aromatic heterocycles. The summed E-state index contributed by atoms with van der Waals surface area (Å²) in [4.78, 5) is 13.7. The molecule has 0 unspecified atom stereocenters. The maximum Gasteiger partial charge on any atom is 0.317 e. The van der Waals surface area contributed by atoms with Crippen LogP contribution in [0.5, 0.6) is 0 Å². The van der Waals surface area contributed by atoms with Crippen molar-refractivity contribution >= 4 is 6.03 Å². The standard InChI is InChI=1S/C12H22N2O2/c1-2-16-11-7-8-13-12(15)14-9-5-3-4-6-10-14/h2H,1,3-11H2,(H,13,15). The number of nitrogens with one attached hydrogen (secondary N) is 1. The monoisotopic (exact) mass is 226 g/mol. The average Bonchev–Trinajstić information content (AvgIpc) is 2.57. The first-order valence-electron chi connectivity index (χ1n) is 6.10. The topological polar surface area (TPSA) is 41.6 Å². The van der Waals surface area contributed by atoms with E-state index in [4.69, 9.17) is 4.74 Å². The molecule has 2 amide bonds. The molecule has 1 aliphatic heterocycles. The second-order valence-corrected chi connectivity index (χ2v) is 4.02. The molecule has 1 rings (SSSR count). The van der Waals surface area contributed by atoms with Crippen molar-refractivity contribution in [2.24, 2.45) is 0 Å². The van der Waals surface area contributed by atoms with Crippen LogP contribution in [0.1, 0.15) is 32.1 Å². The maximum absolute atomic E-state index is 11.7. The van der Waals surface area contributed by atoms with Gasteiger partial charge in [-0.05, 0) is 19.3 Å². The number of nitrogens with zero attached hydrogens (tertiary/aromatic N) is 1. The van der Waals surface area contributed by atoms with Gasteiger partial charge in [-0.15, -0.1) is 0 Å². The van der Waals surface area contributed by atoms with Gasteiger partial charge in [-0.2, -0.15) is 0 Å². The minimum Gasteiger partial charge on any atom is -0.502 e. The summed E-state index contributed by atoms with van der Waals surface area (Å²) in [7, 11) is 0. The van der Waals surface area contributed by atoms with Gasteiger partial charge in [-0.25, -0.2) is 4.79 Å². The van der Waals surface area contributed by atoms with Crippen molar-refractivity contribution < 1.29 is 9.53 Å². The third-order valence-corrected chi connectivity index (χ3v) is 2.73. The van der Waals surface area contributed by atoms with Gasteiger partial charge >= 0.3 is 6.03 Å². The van der Waals surface area contributed by atoms with Crippen molar-refractivity contribution in [3.05, 3.63) is 12.8 Å². The van der Waals surface area contributed by atoms with Crippen LogP contribution in [0.15, 0.2) is 12.8 Å². The van der Waals surface area contributed by atoms with Crippen molar-refractivity contribution in [3.63, 3.8) is 0 Å². The van der Waals surface area contributed by atoms with Crippen LogP contribution < -0.4 is 5.32 Å². The SMILES string of the molecule is C=COCCCNC(=O)N1CCCCCC1. The van der Waals surface area contributed by atoms with E-state index in [9.17, 15) is 4.79 Å². The number of urea groups is 1. The zero-order chi connectivity index (χ0) is 11.6. The van der Waals surface area contributed by atoms with Crippen molar-refractivity contribution in [2.45, 2.75) is 32.1 Å². The Kier molecular flexibility index (Phi) is 6.45. The van der Waals surface area contributed by atoms with Crippen LogP contribution in [0.3, 0.4) is 0 Å². The number of hydrogen-bond donors (Lipinski definition) is 1. The number of carbonyl (C=O) groups is 1. The van der Waals surface area contributed by atoms with Crippen molar-refractivity contribution in [1.82, 2.24) is 10.2 Å². The van der Waals surface area contributed by atoms with Crippen molar-refractivity contribution in [1.29, 1.82) is 0 Å². The molecule has 16 heavy (non-hydrogen) atoms. The van der Waals surface area contributed by atoms with Gasteiger partial charge in [-0.3, -0.25) is 0 Å². The molecular formula is C12H22N2O2. The first kappa shape index (κ1) is 12.9. The minimum atomic E-state index is 0.0699. The van der Waals surface area contributed by atoms with E-state index in [1.807, 2.05) is 4.90 Å².